The van der Waals surface area contributed by atoms with Gasteiger partial charge in [0.05, 0.1) is 5.92 Å². The molecule has 1 heterocycles. The molecule has 2 aliphatic rings. The summed E-state index contributed by atoms with van der Waals surface area (Å²) in [7, 11) is 0. The summed E-state index contributed by atoms with van der Waals surface area (Å²) in [6.45, 7) is 0.527. The van der Waals surface area contributed by atoms with E-state index in [0.29, 0.717) is 6.54 Å². The lowest BCUT2D eigenvalue weighted by Crippen LogP contribution is -2.43. The number of allylic oxidation sites excluding steroid dienone is 2. The van der Waals surface area contributed by atoms with Gasteiger partial charge in [-0.15, -0.1) is 12.4 Å². The Balaban J connectivity index is 0.00000147. The number of carboxylic acids is 1. The van der Waals surface area contributed by atoms with Crippen LogP contribution in [0, 0.1) is 11.8 Å². The lowest BCUT2D eigenvalue weighted by Gasteiger charge is -2.31. The van der Waals surface area contributed by atoms with Crippen molar-refractivity contribution in [2.24, 2.45) is 11.8 Å². The standard InChI is InChI=1S/C16H17NO2.ClH/c18-16(19)13-9-12-7-2-1-5-11-6-3-4-8-14(11)15(12)17-10-13;/h1-6,8,12-13,17H,7,9-10H2,(H,18,19);1H. The van der Waals surface area contributed by atoms with Crippen LogP contribution in [0.2, 0.25) is 0 Å². The second kappa shape index (κ2) is 6.14. The maximum atomic E-state index is 11.2. The number of fused-ring (bicyclic) bond motifs is 2. The Morgan fingerprint density at radius 1 is 1.30 bits per heavy atom. The molecule has 106 valence electrons. The number of hydrogen-bond donors (Lipinski definition) is 2. The Morgan fingerprint density at radius 2 is 2.10 bits per heavy atom. The van der Waals surface area contributed by atoms with Crippen molar-refractivity contribution in [3.63, 3.8) is 0 Å². The second-order valence-corrected chi connectivity index (χ2v) is 5.18. The number of aliphatic carboxylic acids is 1. The van der Waals surface area contributed by atoms with Gasteiger partial charge in [-0.05, 0) is 18.1 Å². The number of benzene rings is 1. The van der Waals surface area contributed by atoms with Crippen LogP contribution in [0.4, 0.5) is 0 Å². The normalized spacial score (nSPS) is 23.9. The molecule has 1 aromatic carbocycles. The van der Waals surface area contributed by atoms with Crippen LogP contribution in [-0.2, 0) is 4.79 Å². The van der Waals surface area contributed by atoms with Crippen molar-refractivity contribution in [1.82, 2.24) is 5.32 Å². The van der Waals surface area contributed by atoms with E-state index in [1.165, 1.54) is 16.1 Å². The van der Waals surface area contributed by atoms with Gasteiger partial charge < -0.3 is 10.4 Å². The molecule has 3 nitrogen and oxygen atoms in total. The molecule has 0 aromatic heterocycles. The summed E-state index contributed by atoms with van der Waals surface area (Å²) in [5.74, 6) is -0.698. The molecule has 2 unspecified atom stereocenters. The van der Waals surface area contributed by atoms with Gasteiger partial charge in [0.15, 0.2) is 0 Å². The fraction of sp³-hybridized carbons (Fsp3) is 0.312. The Bertz CT molecular complexity index is 651. The summed E-state index contributed by atoms with van der Waals surface area (Å²) >= 11 is 0. The second-order valence-electron chi connectivity index (χ2n) is 5.18. The average Bonchev–Trinajstić information content (AvgIpc) is 2.41. The van der Waals surface area contributed by atoms with E-state index in [2.05, 4.69) is 35.7 Å². The minimum atomic E-state index is -0.697. The van der Waals surface area contributed by atoms with Crippen LogP contribution in [0.15, 0.2) is 36.4 Å². The Labute approximate surface area is 124 Å². The zero-order chi connectivity index (χ0) is 13.2. The molecule has 1 aliphatic heterocycles. The van der Waals surface area contributed by atoms with Gasteiger partial charge in [0, 0.05) is 23.4 Å². The Kier molecular flexibility index (Phi) is 4.50. The molecule has 1 aliphatic carbocycles. The van der Waals surface area contributed by atoms with Crippen molar-refractivity contribution in [3.8, 4) is 0 Å². The maximum Gasteiger partial charge on any atom is 0.308 e. The lowest BCUT2D eigenvalue weighted by molar-refractivity contribution is -0.142. The molecule has 1 fully saturated rings. The number of rotatable bonds is 1. The number of hydrogen-bond acceptors (Lipinski definition) is 2. The SMILES string of the molecule is Cl.O=C(O)C1CNC2=c3ccccc3=CC=CCC2C1. The number of carbonyl (C=O) groups is 1. The predicted molar refractivity (Wildman–Crippen MR) is 81.8 cm³/mol. The quantitative estimate of drug-likeness (QED) is 0.819. The summed E-state index contributed by atoms with van der Waals surface area (Å²) in [4.78, 5) is 11.2. The van der Waals surface area contributed by atoms with Crippen LogP contribution in [0.1, 0.15) is 12.8 Å². The molecule has 2 atom stereocenters. The smallest absolute Gasteiger partial charge is 0.308 e. The highest BCUT2D eigenvalue weighted by molar-refractivity contribution is 5.85. The van der Waals surface area contributed by atoms with Gasteiger partial charge >= 0.3 is 5.97 Å². The third kappa shape index (κ3) is 2.73. The van der Waals surface area contributed by atoms with Gasteiger partial charge in [-0.3, -0.25) is 4.79 Å². The van der Waals surface area contributed by atoms with E-state index in [1.54, 1.807) is 0 Å². The molecule has 1 aromatic rings. The molecule has 0 amide bonds. The molecule has 2 N–H and O–H groups in total. The monoisotopic (exact) mass is 291 g/mol. The molecular weight excluding hydrogens is 274 g/mol. The number of carboxylic acid groups (broad SMARTS) is 1. The summed E-state index contributed by atoms with van der Waals surface area (Å²) in [5, 5.41) is 14.9. The highest BCUT2D eigenvalue weighted by Crippen LogP contribution is 2.27. The first-order valence-electron chi connectivity index (χ1n) is 6.68. The van der Waals surface area contributed by atoms with Crippen molar-refractivity contribution in [2.75, 3.05) is 6.54 Å². The first kappa shape index (κ1) is 14.7. The van der Waals surface area contributed by atoms with E-state index in [9.17, 15) is 9.90 Å². The largest absolute Gasteiger partial charge is 0.481 e. The first-order valence-corrected chi connectivity index (χ1v) is 6.68. The van der Waals surface area contributed by atoms with Gasteiger partial charge in [-0.1, -0.05) is 42.5 Å². The fourth-order valence-electron chi connectivity index (χ4n) is 2.94. The molecule has 0 bridgehead atoms. The number of halogens is 1. The minimum absolute atomic E-state index is 0. The highest BCUT2D eigenvalue weighted by atomic mass is 35.5. The van der Waals surface area contributed by atoms with Crippen molar-refractivity contribution in [1.29, 1.82) is 0 Å². The number of piperidine rings is 1. The molecule has 3 rings (SSSR count). The van der Waals surface area contributed by atoms with Crippen LogP contribution < -0.4 is 15.8 Å². The van der Waals surface area contributed by atoms with E-state index in [-0.39, 0.29) is 24.2 Å². The Hall–Kier alpha value is -1.74. The zero-order valence-electron chi connectivity index (χ0n) is 11.1. The van der Waals surface area contributed by atoms with Crippen molar-refractivity contribution < 1.29 is 9.90 Å². The summed E-state index contributed by atoms with van der Waals surface area (Å²) in [5.41, 5.74) is 1.20. The lowest BCUT2D eigenvalue weighted by atomic mass is 9.84. The van der Waals surface area contributed by atoms with Gasteiger partial charge in [0.25, 0.3) is 0 Å². The Morgan fingerprint density at radius 3 is 2.90 bits per heavy atom. The van der Waals surface area contributed by atoms with Crippen molar-refractivity contribution in [3.05, 3.63) is 46.9 Å². The molecule has 1 saturated heterocycles. The summed E-state index contributed by atoms with van der Waals surface area (Å²) < 4.78 is 0. The van der Waals surface area contributed by atoms with E-state index >= 15 is 0 Å². The van der Waals surface area contributed by atoms with Crippen LogP contribution in [0.5, 0.6) is 0 Å². The van der Waals surface area contributed by atoms with E-state index in [0.717, 1.165) is 12.8 Å². The molecule has 0 spiro atoms. The van der Waals surface area contributed by atoms with Crippen LogP contribution >= 0.6 is 12.4 Å². The molecule has 20 heavy (non-hydrogen) atoms. The van der Waals surface area contributed by atoms with Gasteiger partial charge in [0.2, 0.25) is 0 Å². The van der Waals surface area contributed by atoms with Crippen LogP contribution in [0.3, 0.4) is 0 Å². The van der Waals surface area contributed by atoms with E-state index in [1.807, 2.05) is 12.1 Å². The van der Waals surface area contributed by atoms with Gasteiger partial charge in [-0.2, -0.15) is 0 Å². The minimum Gasteiger partial charge on any atom is -0.481 e. The third-order valence-electron chi connectivity index (χ3n) is 3.95. The molecular formula is C16H18ClNO2. The van der Waals surface area contributed by atoms with Crippen molar-refractivity contribution >= 4 is 30.1 Å². The maximum absolute atomic E-state index is 11.2. The molecule has 0 radical (unpaired) electrons. The first-order chi connectivity index (χ1) is 9.25. The predicted octanol–water partition coefficient (Wildman–Crippen LogP) is 1.27. The van der Waals surface area contributed by atoms with Crippen LogP contribution in [0.25, 0.3) is 11.8 Å². The van der Waals surface area contributed by atoms with Crippen molar-refractivity contribution in [2.45, 2.75) is 12.8 Å². The molecule has 0 saturated carbocycles. The third-order valence-corrected chi connectivity index (χ3v) is 3.95. The summed E-state index contributed by atoms with van der Waals surface area (Å²) in [6, 6.07) is 8.28. The summed E-state index contributed by atoms with van der Waals surface area (Å²) in [6.07, 6.45) is 7.93. The number of nitrogens with one attached hydrogen (secondary N) is 1. The average molecular weight is 292 g/mol. The van der Waals surface area contributed by atoms with Gasteiger partial charge in [0.1, 0.15) is 0 Å². The highest BCUT2D eigenvalue weighted by Gasteiger charge is 2.29. The van der Waals surface area contributed by atoms with E-state index in [4.69, 9.17) is 0 Å². The molecule has 4 heteroatoms. The zero-order valence-corrected chi connectivity index (χ0v) is 11.9. The van der Waals surface area contributed by atoms with Crippen LogP contribution in [-0.4, -0.2) is 17.6 Å². The fourth-order valence-corrected chi connectivity index (χ4v) is 2.94. The van der Waals surface area contributed by atoms with E-state index < -0.39 is 5.97 Å². The topological polar surface area (TPSA) is 49.3 Å². The van der Waals surface area contributed by atoms with Gasteiger partial charge in [-0.25, -0.2) is 0 Å².